The number of benzene rings is 1. The van der Waals surface area contributed by atoms with Crippen molar-refractivity contribution in [3.63, 3.8) is 0 Å². The minimum absolute atomic E-state index is 0.107. The van der Waals surface area contributed by atoms with Crippen molar-refractivity contribution >= 4 is 0 Å². The molecule has 2 heteroatoms. The third-order valence-electron chi connectivity index (χ3n) is 3.23. The Morgan fingerprint density at radius 3 is 2.64 bits per heavy atom. The predicted octanol–water partition coefficient (Wildman–Crippen LogP) is 1.64. The molecular weight excluding hydrogens is 174 g/mol. The topological polar surface area (TPSA) is 46.2 Å². The van der Waals surface area contributed by atoms with Gasteiger partial charge in [-0.2, -0.15) is 0 Å². The minimum Gasteiger partial charge on any atom is -0.394 e. The van der Waals surface area contributed by atoms with Gasteiger partial charge in [0.15, 0.2) is 0 Å². The lowest BCUT2D eigenvalue weighted by Crippen LogP contribution is -2.40. The van der Waals surface area contributed by atoms with Crippen LogP contribution in [-0.4, -0.2) is 17.3 Å². The van der Waals surface area contributed by atoms with E-state index in [1.807, 2.05) is 6.07 Å². The smallest absolute Gasteiger partial charge is 0.0611 e. The van der Waals surface area contributed by atoms with Crippen LogP contribution in [0.15, 0.2) is 30.3 Å². The number of hydrogen-bond donors (Lipinski definition) is 2. The third-order valence-corrected chi connectivity index (χ3v) is 3.23. The first-order chi connectivity index (χ1) is 6.73. The fraction of sp³-hybridized carbons (Fsp3) is 0.500. The molecule has 0 unspecified atom stereocenters. The van der Waals surface area contributed by atoms with E-state index >= 15 is 0 Å². The van der Waals surface area contributed by atoms with Crippen molar-refractivity contribution in [3.05, 3.63) is 35.9 Å². The van der Waals surface area contributed by atoms with Crippen LogP contribution in [0.3, 0.4) is 0 Å². The number of rotatable bonds is 2. The maximum atomic E-state index is 9.16. The number of aliphatic hydroxyl groups excluding tert-OH is 1. The average Bonchev–Trinajstić information content (AvgIpc) is 2.63. The molecule has 0 bridgehead atoms. The van der Waals surface area contributed by atoms with Crippen LogP contribution in [0.25, 0.3) is 0 Å². The van der Waals surface area contributed by atoms with E-state index in [-0.39, 0.29) is 12.1 Å². The van der Waals surface area contributed by atoms with E-state index < -0.39 is 0 Å². The molecule has 1 aliphatic carbocycles. The summed E-state index contributed by atoms with van der Waals surface area (Å²) in [5.74, 6) is 0.536. The van der Waals surface area contributed by atoms with Crippen LogP contribution < -0.4 is 5.73 Å². The largest absolute Gasteiger partial charge is 0.394 e. The maximum Gasteiger partial charge on any atom is 0.0611 e. The van der Waals surface area contributed by atoms with Gasteiger partial charge in [-0.15, -0.1) is 0 Å². The Labute approximate surface area is 84.7 Å². The highest BCUT2D eigenvalue weighted by atomic mass is 16.3. The van der Waals surface area contributed by atoms with Gasteiger partial charge in [0.2, 0.25) is 0 Å². The summed E-state index contributed by atoms with van der Waals surface area (Å²) in [6, 6.07) is 10.4. The Bertz CT molecular complexity index is 298. The van der Waals surface area contributed by atoms with Crippen LogP contribution in [0.1, 0.15) is 30.7 Å². The van der Waals surface area contributed by atoms with Crippen molar-refractivity contribution in [2.75, 3.05) is 6.61 Å². The first-order valence-corrected chi connectivity index (χ1v) is 5.18. The lowest BCUT2D eigenvalue weighted by Gasteiger charge is -2.20. The molecule has 3 N–H and O–H groups in total. The second-order valence-electron chi connectivity index (χ2n) is 4.37. The highest BCUT2D eigenvalue weighted by Crippen LogP contribution is 2.39. The normalized spacial score (nSPS) is 32.0. The molecule has 0 aliphatic heterocycles. The Morgan fingerprint density at radius 1 is 1.36 bits per heavy atom. The maximum absolute atomic E-state index is 9.16. The molecular formula is C12H17NO. The molecule has 76 valence electrons. The SMILES string of the molecule is N[C@@]1(CO)CC[C@@H](c2ccccc2)C1. The zero-order valence-corrected chi connectivity index (χ0v) is 8.32. The molecule has 0 radical (unpaired) electrons. The van der Waals surface area contributed by atoms with Gasteiger partial charge in [0.25, 0.3) is 0 Å². The molecule has 1 saturated carbocycles. The molecule has 1 aliphatic rings. The molecule has 2 nitrogen and oxygen atoms in total. The second-order valence-corrected chi connectivity index (χ2v) is 4.37. The lowest BCUT2D eigenvalue weighted by molar-refractivity contribution is 0.198. The van der Waals surface area contributed by atoms with Gasteiger partial charge in [0.1, 0.15) is 0 Å². The van der Waals surface area contributed by atoms with Gasteiger partial charge in [-0.1, -0.05) is 30.3 Å². The van der Waals surface area contributed by atoms with Crippen molar-refractivity contribution in [2.24, 2.45) is 5.73 Å². The van der Waals surface area contributed by atoms with E-state index in [0.29, 0.717) is 5.92 Å². The lowest BCUT2D eigenvalue weighted by atomic mass is 9.94. The first-order valence-electron chi connectivity index (χ1n) is 5.18. The number of hydrogen-bond acceptors (Lipinski definition) is 2. The van der Waals surface area contributed by atoms with Crippen molar-refractivity contribution in [3.8, 4) is 0 Å². The molecule has 14 heavy (non-hydrogen) atoms. The zero-order chi connectivity index (χ0) is 10.0. The Balaban J connectivity index is 2.10. The molecule has 0 amide bonds. The summed E-state index contributed by atoms with van der Waals surface area (Å²) in [5, 5.41) is 9.16. The summed E-state index contributed by atoms with van der Waals surface area (Å²) < 4.78 is 0. The summed E-state index contributed by atoms with van der Waals surface area (Å²) in [6.07, 6.45) is 2.94. The van der Waals surface area contributed by atoms with Crippen molar-refractivity contribution < 1.29 is 5.11 Å². The van der Waals surface area contributed by atoms with Crippen molar-refractivity contribution in [1.29, 1.82) is 0 Å². The highest BCUT2D eigenvalue weighted by Gasteiger charge is 2.35. The second kappa shape index (κ2) is 3.71. The summed E-state index contributed by atoms with van der Waals surface area (Å²) in [6.45, 7) is 0.107. The van der Waals surface area contributed by atoms with Crippen LogP contribution in [0.4, 0.5) is 0 Å². The van der Waals surface area contributed by atoms with E-state index in [9.17, 15) is 0 Å². The van der Waals surface area contributed by atoms with Gasteiger partial charge in [0.05, 0.1) is 6.61 Å². The molecule has 2 rings (SSSR count). The minimum atomic E-state index is -0.333. The van der Waals surface area contributed by atoms with E-state index in [2.05, 4.69) is 24.3 Å². The monoisotopic (exact) mass is 191 g/mol. The van der Waals surface area contributed by atoms with Crippen LogP contribution in [0, 0.1) is 0 Å². The van der Waals surface area contributed by atoms with Crippen LogP contribution in [0.2, 0.25) is 0 Å². The molecule has 1 aromatic carbocycles. The Kier molecular flexibility index (Phi) is 2.57. The fourth-order valence-electron chi connectivity index (χ4n) is 2.31. The third kappa shape index (κ3) is 1.81. The van der Waals surface area contributed by atoms with Gasteiger partial charge >= 0.3 is 0 Å². The van der Waals surface area contributed by atoms with Gasteiger partial charge in [-0.3, -0.25) is 0 Å². The van der Waals surface area contributed by atoms with Crippen LogP contribution in [-0.2, 0) is 0 Å². The molecule has 2 atom stereocenters. The quantitative estimate of drug-likeness (QED) is 0.746. The van der Waals surface area contributed by atoms with Crippen LogP contribution >= 0.6 is 0 Å². The van der Waals surface area contributed by atoms with Crippen molar-refractivity contribution in [1.82, 2.24) is 0 Å². The highest BCUT2D eigenvalue weighted by molar-refractivity contribution is 5.22. The standard InChI is InChI=1S/C12H17NO/c13-12(9-14)7-6-11(8-12)10-4-2-1-3-5-10/h1-5,11,14H,6-9,13H2/t11-,12+/m1/s1. The molecule has 0 aromatic heterocycles. The number of nitrogens with two attached hydrogens (primary N) is 1. The zero-order valence-electron chi connectivity index (χ0n) is 8.32. The Hall–Kier alpha value is -0.860. The first kappa shape index (κ1) is 9.69. The van der Waals surface area contributed by atoms with Gasteiger partial charge < -0.3 is 10.8 Å². The Morgan fingerprint density at radius 2 is 2.07 bits per heavy atom. The summed E-state index contributed by atoms with van der Waals surface area (Å²) in [7, 11) is 0. The fourth-order valence-corrected chi connectivity index (χ4v) is 2.31. The molecule has 0 spiro atoms. The van der Waals surface area contributed by atoms with E-state index in [1.165, 1.54) is 5.56 Å². The van der Waals surface area contributed by atoms with Gasteiger partial charge in [-0.25, -0.2) is 0 Å². The summed E-state index contributed by atoms with van der Waals surface area (Å²) in [4.78, 5) is 0. The van der Waals surface area contributed by atoms with Gasteiger partial charge in [0, 0.05) is 5.54 Å². The molecule has 1 fully saturated rings. The van der Waals surface area contributed by atoms with Crippen molar-refractivity contribution in [2.45, 2.75) is 30.7 Å². The van der Waals surface area contributed by atoms with Gasteiger partial charge in [-0.05, 0) is 30.7 Å². The van der Waals surface area contributed by atoms with E-state index in [0.717, 1.165) is 19.3 Å². The molecule has 0 saturated heterocycles. The molecule has 1 aromatic rings. The summed E-state index contributed by atoms with van der Waals surface area (Å²) in [5.41, 5.74) is 7.06. The summed E-state index contributed by atoms with van der Waals surface area (Å²) >= 11 is 0. The van der Waals surface area contributed by atoms with Crippen LogP contribution in [0.5, 0.6) is 0 Å². The predicted molar refractivity (Wildman–Crippen MR) is 57.0 cm³/mol. The van der Waals surface area contributed by atoms with E-state index in [1.54, 1.807) is 0 Å². The average molecular weight is 191 g/mol. The van der Waals surface area contributed by atoms with E-state index in [4.69, 9.17) is 10.8 Å². The molecule has 0 heterocycles. The number of aliphatic hydroxyl groups is 1.